The van der Waals surface area contributed by atoms with Crippen molar-refractivity contribution in [3.63, 3.8) is 0 Å². The number of rotatable bonds is 2. The molecule has 2 aliphatic rings. The van der Waals surface area contributed by atoms with Crippen molar-refractivity contribution in [1.82, 2.24) is 20.1 Å². The number of H-pyrrole nitrogens is 1. The van der Waals surface area contributed by atoms with Crippen molar-refractivity contribution in [1.29, 1.82) is 0 Å². The highest BCUT2D eigenvalue weighted by Gasteiger charge is 2.32. The van der Waals surface area contributed by atoms with Crippen LogP contribution in [0.2, 0.25) is 0 Å². The first-order valence-electron chi connectivity index (χ1n) is 4.74. The molecule has 13 heavy (non-hydrogen) atoms. The fourth-order valence-corrected chi connectivity index (χ4v) is 2.05. The van der Waals surface area contributed by atoms with E-state index in [0.717, 1.165) is 23.7 Å². The van der Waals surface area contributed by atoms with Crippen LogP contribution in [0, 0.1) is 4.77 Å². The van der Waals surface area contributed by atoms with Crippen LogP contribution in [0.5, 0.6) is 0 Å². The highest BCUT2D eigenvalue weighted by atomic mass is 32.1. The van der Waals surface area contributed by atoms with Crippen LogP contribution in [0.3, 0.4) is 0 Å². The summed E-state index contributed by atoms with van der Waals surface area (Å²) in [6, 6.07) is 0.641. The van der Waals surface area contributed by atoms with Gasteiger partial charge >= 0.3 is 0 Å². The Morgan fingerprint density at radius 2 is 2.15 bits per heavy atom. The van der Waals surface area contributed by atoms with E-state index in [9.17, 15) is 0 Å². The standard InChI is InChI=1S/C8H12N4S/c13-8-11-10-7(5-3-9-4-5)12(8)6-1-2-6/h5-6,9H,1-4H2,(H,11,13). The average molecular weight is 196 g/mol. The molecule has 1 saturated carbocycles. The molecule has 0 amide bonds. The normalized spacial score (nSPS) is 23.1. The first-order chi connectivity index (χ1) is 6.36. The predicted molar refractivity (Wildman–Crippen MR) is 51.3 cm³/mol. The summed E-state index contributed by atoms with van der Waals surface area (Å²) in [6.45, 7) is 2.10. The average Bonchev–Trinajstić information content (AvgIpc) is 2.76. The largest absolute Gasteiger partial charge is 0.315 e. The molecule has 1 aliphatic carbocycles. The van der Waals surface area contributed by atoms with Crippen molar-refractivity contribution >= 4 is 12.2 Å². The number of nitrogens with one attached hydrogen (secondary N) is 2. The molecule has 1 aliphatic heterocycles. The zero-order valence-electron chi connectivity index (χ0n) is 7.29. The van der Waals surface area contributed by atoms with E-state index < -0.39 is 0 Å². The summed E-state index contributed by atoms with van der Waals surface area (Å²) in [4.78, 5) is 0. The predicted octanol–water partition coefficient (Wildman–Crippen LogP) is 0.962. The van der Waals surface area contributed by atoms with Crippen LogP contribution >= 0.6 is 12.2 Å². The molecule has 0 aromatic carbocycles. The number of aromatic amines is 1. The van der Waals surface area contributed by atoms with Crippen LogP contribution in [-0.2, 0) is 0 Å². The van der Waals surface area contributed by atoms with Gasteiger partial charge in [0.05, 0.1) is 0 Å². The molecular weight excluding hydrogens is 184 g/mol. The van der Waals surface area contributed by atoms with Gasteiger partial charge in [0.1, 0.15) is 5.82 Å². The number of aromatic nitrogens is 3. The Hall–Kier alpha value is -0.680. The molecule has 4 nitrogen and oxygen atoms in total. The maximum absolute atomic E-state index is 5.20. The van der Waals surface area contributed by atoms with Gasteiger partial charge in [-0.2, -0.15) is 5.10 Å². The second-order valence-corrected chi connectivity index (χ2v) is 4.23. The van der Waals surface area contributed by atoms with Crippen molar-refractivity contribution in [3.8, 4) is 0 Å². The minimum absolute atomic E-state index is 0.577. The van der Waals surface area contributed by atoms with Gasteiger partial charge < -0.3 is 9.88 Å². The van der Waals surface area contributed by atoms with Gasteiger partial charge in [0.25, 0.3) is 0 Å². The molecular formula is C8H12N4S. The van der Waals surface area contributed by atoms with Crippen LogP contribution in [0.15, 0.2) is 0 Å². The second-order valence-electron chi connectivity index (χ2n) is 3.84. The van der Waals surface area contributed by atoms with Crippen LogP contribution < -0.4 is 5.32 Å². The second kappa shape index (κ2) is 2.65. The molecule has 3 rings (SSSR count). The van der Waals surface area contributed by atoms with Crippen molar-refractivity contribution in [3.05, 3.63) is 10.6 Å². The van der Waals surface area contributed by atoms with Crippen molar-refractivity contribution in [2.24, 2.45) is 0 Å². The van der Waals surface area contributed by atoms with Crippen LogP contribution in [0.1, 0.15) is 30.6 Å². The highest BCUT2D eigenvalue weighted by molar-refractivity contribution is 7.71. The molecule has 2 fully saturated rings. The summed E-state index contributed by atoms with van der Waals surface area (Å²) >= 11 is 5.20. The monoisotopic (exact) mass is 196 g/mol. The third-order valence-corrected chi connectivity index (χ3v) is 3.08. The van der Waals surface area contributed by atoms with Crippen molar-refractivity contribution in [2.75, 3.05) is 13.1 Å². The van der Waals surface area contributed by atoms with E-state index in [1.54, 1.807) is 0 Å². The lowest BCUT2D eigenvalue weighted by molar-refractivity contribution is 0.413. The van der Waals surface area contributed by atoms with Crippen molar-refractivity contribution < 1.29 is 0 Å². The summed E-state index contributed by atoms with van der Waals surface area (Å²) in [7, 11) is 0. The van der Waals surface area contributed by atoms with Gasteiger partial charge in [-0.25, -0.2) is 0 Å². The molecule has 2 N–H and O–H groups in total. The van der Waals surface area contributed by atoms with Crippen LogP contribution in [0.25, 0.3) is 0 Å². The van der Waals surface area contributed by atoms with E-state index in [0.29, 0.717) is 12.0 Å². The first-order valence-corrected chi connectivity index (χ1v) is 5.14. The summed E-state index contributed by atoms with van der Waals surface area (Å²) < 4.78 is 3.00. The fraction of sp³-hybridized carbons (Fsp3) is 0.750. The Balaban J connectivity index is 2.02. The van der Waals surface area contributed by atoms with E-state index in [2.05, 4.69) is 20.1 Å². The minimum atomic E-state index is 0.577. The summed E-state index contributed by atoms with van der Waals surface area (Å²) in [5, 5.41) is 10.5. The molecule has 0 bridgehead atoms. The van der Waals surface area contributed by atoms with Gasteiger partial charge in [-0.3, -0.25) is 5.10 Å². The van der Waals surface area contributed by atoms with Gasteiger partial charge in [0.15, 0.2) is 4.77 Å². The Labute approximate surface area is 81.3 Å². The summed E-state index contributed by atoms with van der Waals surface area (Å²) in [5.74, 6) is 1.74. The van der Waals surface area contributed by atoms with E-state index in [1.165, 1.54) is 12.8 Å². The Morgan fingerprint density at radius 3 is 2.69 bits per heavy atom. The van der Waals surface area contributed by atoms with Gasteiger partial charge in [-0.05, 0) is 25.1 Å². The molecule has 70 valence electrons. The van der Waals surface area contributed by atoms with Gasteiger partial charge in [-0.1, -0.05) is 0 Å². The number of hydrogen-bond acceptors (Lipinski definition) is 3. The number of nitrogens with zero attached hydrogens (tertiary/aromatic N) is 2. The minimum Gasteiger partial charge on any atom is -0.315 e. The van der Waals surface area contributed by atoms with Gasteiger partial charge in [-0.15, -0.1) is 0 Å². The highest BCUT2D eigenvalue weighted by Crippen LogP contribution is 2.37. The van der Waals surface area contributed by atoms with Crippen LogP contribution in [0.4, 0.5) is 0 Å². The lowest BCUT2D eigenvalue weighted by Crippen LogP contribution is -2.41. The lowest BCUT2D eigenvalue weighted by Gasteiger charge is -2.26. The number of hydrogen-bond donors (Lipinski definition) is 2. The quantitative estimate of drug-likeness (QED) is 0.693. The topological polar surface area (TPSA) is 45.6 Å². The SMILES string of the molecule is S=c1[nH]nc(C2CNC2)n1C1CC1. The van der Waals surface area contributed by atoms with Gasteiger partial charge in [0, 0.05) is 25.0 Å². The molecule has 0 unspecified atom stereocenters. The van der Waals surface area contributed by atoms with Gasteiger partial charge in [0.2, 0.25) is 0 Å². The molecule has 0 spiro atoms. The first kappa shape index (κ1) is 7.70. The molecule has 1 saturated heterocycles. The third-order valence-electron chi connectivity index (χ3n) is 2.79. The van der Waals surface area contributed by atoms with E-state index in [-0.39, 0.29) is 0 Å². The smallest absolute Gasteiger partial charge is 0.195 e. The van der Waals surface area contributed by atoms with Crippen LogP contribution in [-0.4, -0.2) is 27.9 Å². The molecule has 1 aromatic heterocycles. The van der Waals surface area contributed by atoms with E-state index >= 15 is 0 Å². The van der Waals surface area contributed by atoms with E-state index in [4.69, 9.17) is 12.2 Å². The Morgan fingerprint density at radius 1 is 1.38 bits per heavy atom. The molecule has 0 radical (unpaired) electrons. The van der Waals surface area contributed by atoms with E-state index in [1.807, 2.05) is 0 Å². The summed E-state index contributed by atoms with van der Waals surface area (Å²) in [6.07, 6.45) is 2.53. The zero-order valence-corrected chi connectivity index (χ0v) is 8.10. The molecule has 5 heteroatoms. The maximum atomic E-state index is 5.20. The maximum Gasteiger partial charge on any atom is 0.195 e. The summed E-state index contributed by atoms with van der Waals surface area (Å²) in [5.41, 5.74) is 0. The molecule has 1 aromatic rings. The fourth-order valence-electron chi connectivity index (χ4n) is 1.76. The third kappa shape index (κ3) is 1.14. The van der Waals surface area contributed by atoms with Crippen molar-refractivity contribution in [2.45, 2.75) is 24.8 Å². The zero-order chi connectivity index (χ0) is 8.84. The Kier molecular flexibility index (Phi) is 1.57. The molecule has 0 atom stereocenters. The Bertz CT molecular complexity index is 372. The lowest BCUT2D eigenvalue weighted by atomic mass is 10.0. The molecule has 2 heterocycles.